The largest absolute Gasteiger partial charge is 0.427 e. The number of carbonyl (C=O) groups is 1. The first-order valence-electron chi connectivity index (χ1n) is 9.94. The molecule has 1 atom stereocenters. The molecule has 7 nitrogen and oxygen atoms in total. The van der Waals surface area contributed by atoms with Gasteiger partial charge in [-0.25, -0.2) is 9.18 Å². The van der Waals surface area contributed by atoms with Crippen molar-refractivity contribution >= 4 is 18.3 Å². The zero-order chi connectivity index (χ0) is 21.1. The van der Waals surface area contributed by atoms with Crippen molar-refractivity contribution in [1.29, 1.82) is 0 Å². The normalized spacial score (nSPS) is 15.9. The molecule has 1 aromatic carbocycles. The van der Waals surface area contributed by atoms with Crippen LogP contribution < -0.4 is 16.3 Å². The molecule has 0 bridgehead atoms. The molecular weight excluding hydrogens is 423 g/mol. The van der Waals surface area contributed by atoms with E-state index in [0.29, 0.717) is 17.0 Å². The molecule has 1 amide bonds. The molecule has 1 fully saturated rings. The molecule has 0 saturated carbocycles. The van der Waals surface area contributed by atoms with Crippen LogP contribution in [-0.4, -0.2) is 29.2 Å². The summed E-state index contributed by atoms with van der Waals surface area (Å²) in [5, 5.41) is 12.9. The van der Waals surface area contributed by atoms with Crippen molar-refractivity contribution in [2.75, 3.05) is 13.1 Å². The summed E-state index contributed by atoms with van der Waals surface area (Å²) >= 11 is 0. The van der Waals surface area contributed by atoms with E-state index in [0.717, 1.165) is 37.1 Å². The molecule has 1 unspecified atom stereocenters. The number of rotatable bonds is 5. The Hall–Kier alpha value is -2.97. The van der Waals surface area contributed by atoms with E-state index in [2.05, 4.69) is 20.8 Å². The molecule has 3 N–H and O–H groups in total. The van der Waals surface area contributed by atoms with Gasteiger partial charge in [-0.1, -0.05) is 0 Å². The van der Waals surface area contributed by atoms with E-state index in [1.165, 1.54) is 12.1 Å². The fourth-order valence-electron chi connectivity index (χ4n) is 3.78. The van der Waals surface area contributed by atoms with E-state index >= 15 is 0 Å². The number of nitrogens with one attached hydrogen (secondary N) is 3. The quantitative estimate of drug-likeness (QED) is 0.558. The fraction of sp³-hybridized carbons (Fsp3) is 0.318. The van der Waals surface area contributed by atoms with Crippen LogP contribution in [0.1, 0.15) is 46.0 Å². The second kappa shape index (κ2) is 9.89. The molecule has 164 valence electrons. The summed E-state index contributed by atoms with van der Waals surface area (Å²) in [7, 11) is 0. The number of amides is 1. The van der Waals surface area contributed by atoms with Crippen molar-refractivity contribution < 1.29 is 13.6 Å². The van der Waals surface area contributed by atoms with Crippen LogP contribution in [0.15, 0.2) is 45.7 Å². The second-order valence-corrected chi connectivity index (χ2v) is 7.50. The lowest BCUT2D eigenvalue weighted by Crippen LogP contribution is -2.31. The number of hydrogen-bond acceptors (Lipinski definition) is 5. The maximum absolute atomic E-state index is 13.2. The zero-order valence-corrected chi connectivity index (χ0v) is 17.9. The standard InChI is InChI=1S/C22H23FN4O3.ClH/c1-13-9-18(15-3-2-8-24-10-15)30-22(29)19(13)21(28)25-11-16-12-26-27-20(16)14-4-6-17(23)7-5-14;/h4-7,9,12,15,24H,2-3,8,10-11H2,1H3,(H,25,28)(H,26,27);1H. The van der Waals surface area contributed by atoms with E-state index in [-0.39, 0.29) is 36.3 Å². The van der Waals surface area contributed by atoms with E-state index in [9.17, 15) is 14.0 Å². The summed E-state index contributed by atoms with van der Waals surface area (Å²) in [6, 6.07) is 7.76. The van der Waals surface area contributed by atoms with E-state index in [1.807, 2.05) is 0 Å². The summed E-state index contributed by atoms with van der Waals surface area (Å²) in [5.41, 5.74) is 2.13. The van der Waals surface area contributed by atoms with Crippen molar-refractivity contribution in [3.63, 3.8) is 0 Å². The lowest BCUT2D eigenvalue weighted by molar-refractivity contribution is 0.0945. The molecule has 9 heteroatoms. The van der Waals surface area contributed by atoms with Gasteiger partial charge in [0.2, 0.25) is 0 Å². The van der Waals surface area contributed by atoms with Gasteiger partial charge in [-0.3, -0.25) is 9.89 Å². The number of H-pyrrole nitrogens is 1. The number of halogens is 2. The predicted molar refractivity (Wildman–Crippen MR) is 117 cm³/mol. The molecule has 3 heterocycles. The van der Waals surface area contributed by atoms with Crippen LogP contribution in [-0.2, 0) is 6.54 Å². The van der Waals surface area contributed by atoms with Gasteiger partial charge in [-0.2, -0.15) is 5.10 Å². The first-order valence-corrected chi connectivity index (χ1v) is 9.94. The number of aryl methyl sites for hydroxylation is 1. The van der Waals surface area contributed by atoms with Crippen LogP contribution in [0, 0.1) is 12.7 Å². The minimum Gasteiger partial charge on any atom is -0.427 e. The molecule has 1 aliphatic heterocycles. The van der Waals surface area contributed by atoms with Gasteiger partial charge in [0.25, 0.3) is 5.91 Å². The Morgan fingerprint density at radius 3 is 2.77 bits per heavy atom. The van der Waals surface area contributed by atoms with Crippen molar-refractivity contribution in [3.05, 3.63) is 75.2 Å². The lowest BCUT2D eigenvalue weighted by Gasteiger charge is -2.22. The van der Waals surface area contributed by atoms with Crippen molar-refractivity contribution in [2.24, 2.45) is 0 Å². The van der Waals surface area contributed by atoms with E-state index in [4.69, 9.17) is 4.42 Å². The van der Waals surface area contributed by atoms with Crippen LogP contribution in [0.2, 0.25) is 0 Å². The lowest BCUT2D eigenvalue weighted by atomic mass is 9.95. The molecule has 3 aromatic rings. The molecule has 31 heavy (non-hydrogen) atoms. The summed E-state index contributed by atoms with van der Waals surface area (Å²) in [5.74, 6) is -0.0651. The summed E-state index contributed by atoms with van der Waals surface area (Å²) in [4.78, 5) is 25.2. The molecule has 4 rings (SSSR count). The summed E-state index contributed by atoms with van der Waals surface area (Å²) in [6.07, 6.45) is 3.57. The highest BCUT2D eigenvalue weighted by Crippen LogP contribution is 2.24. The van der Waals surface area contributed by atoms with Crippen LogP contribution in [0.5, 0.6) is 0 Å². The predicted octanol–water partition coefficient (Wildman–Crippen LogP) is 3.30. The molecule has 0 spiro atoms. The maximum Gasteiger partial charge on any atom is 0.349 e. The number of aromatic amines is 1. The van der Waals surface area contributed by atoms with Gasteiger partial charge < -0.3 is 15.1 Å². The van der Waals surface area contributed by atoms with Gasteiger partial charge in [0.05, 0.1) is 11.9 Å². The monoisotopic (exact) mass is 446 g/mol. The van der Waals surface area contributed by atoms with Gasteiger partial charge in [0.15, 0.2) is 0 Å². The topological polar surface area (TPSA) is 100 Å². The van der Waals surface area contributed by atoms with Crippen molar-refractivity contribution in [1.82, 2.24) is 20.8 Å². The third-order valence-corrected chi connectivity index (χ3v) is 5.38. The maximum atomic E-state index is 13.2. The number of nitrogens with zero attached hydrogens (tertiary/aromatic N) is 1. The van der Waals surface area contributed by atoms with E-state index < -0.39 is 11.5 Å². The number of piperidine rings is 1. The van der Waals surface area contributed by atoms with Crippen molar-refractivity contribution in [2.45, 2.75) is 32.2 Å². The number of hydrogen-bond donors (Lipinski definition) is 3. The highest BCUT2D eigenvalue weighted by Gasteiger charge is 2.22. The average Bonchev–Trinajstić information content (AvgIpc) is 3.21. The van der Waals surface area contributed by atoms with Crippen LogP contribution in [0.25, 0.3) is 11.3 Å². The second-order valence-electron chi connectivity index (χ2n) is 7.50. The van der Waals surface area contributed by atoms with Gasteiger partial charge in [-0.05, 0) is 62.2 Å². The van der Waals surface area contributed by atoms with Crippen LogP contribution >= 0.6 is 12.4 Å². The highest BCUT2D eigenvalue weighted by molar-refractivity contribution is 5.95. The van der Waals surface area contributed by atoms with Gasteiger partial charge in [-0.15, -0.1) is 12.4 Å². The minimum absolute atomic E-state index is 0. The Kier molecular flexibility index (Phi) is 7.25. The Bertz CT molecular complexity index is 1100. The third kappa shape index (κ3) is 5.03. The number of benzene rings is 1. The average molecular weight is 447 g/mol. The van der Waals surface area contributed by atoms with Gasteiger partial charge in [0.1, 0.15) is 17.1 Å². The smallest absolute Gasteiger partial charge is 0.349 e. The Morgan fingerprint density at radius 2 is 2.10 bits per heavy atom. The summed E-state index contributed by atoms with van der Waals surface area (Å²) < 4.78 is 18.6. The Morgan fingerprint density at radius 1 is 1.32 bits per heavy atom. The fourth-order valence-corrected chi connectivity index (χ4v) is 3.78. The Labute approximate surface area is 184 Å². The summed E-state index contributed by atoms with van der Waals surface area (Å²) in [6.45, 7) is 3.64. The van der Waals surface area contributed by atoms with Gasteiger partial charge >= 0.3 is 5.63 Å². The molecule has 1 aliphatic rings. The highest BCUT2D eigenvalue weighted by atomic mass is 35.5. The SMILES string of the molecule is Cc1cc(C2CCCNC2)oc(=O)c1C(=O)NCc1cn[nH]c1-c1ccc(F)cc1.Cl. The minimum atomic E-state index is -0.626. The third-order valence-electron chi connectivity index (χ3n) is 5.38. The number of carbonyl (C=O) groups excluding carboxylic acids is 1. The first-order chi connectivity index (χ1) is 14.5. The van der Waals surface area contributed by atoms with Crippen LogP contribution in [0.4, 0.5) is 4.39 Å². The first kappa shape index (κ1) is 22.7. The molecule has 0 radical (unpaired) electrons. The van der Waals surface area contributed by atoms with Crippen LogP contribution in [0.3, 0.4) is 0 Å². The number of aromatic nitrogens is 2. The van der Waals surface area contributed by atoms with Gasteiger partial charge in [0, 0.05) is 30.1 Å². The molecule has 2 aromatic heterocycles. The Balaban J connectivity index is 0.00000272. The zero-order valence-electron chi connectivity index (χ0n) is 17.0. The molecule has 0 aliphatic carbocycles. The van der Waals surface area contributed by atoms with E-state index in [1.54, 1.807) is 31.3 Å². The molecular formula is C22H24ClFN4O3. The van der Waals surface area contributed by atoms with Crippen molar-refractivity contribution in [3.8, 4) is 11.3 Å². The molecule has 1 saturated heterocycles.